The Bertz CT molecular complexity index is 1950. The van der Waals surface area contributed by atoms with Crippen LogP contribution in [0.2, 0.25) is 0 Å². The SMILES string of the molecule is C=C[C@H]1C[C@]1(NC(=O)[C@@H]1C[C@@H]2CN1C(=O)[C@H](C1CCCC1)Nc1nnc(o1)CCC/C=C/c1cccc3c1CN(C3)C(=O)O2)C(=O)NS(=O)(=O)C1CC1. The van der Waals surface area contributed by atoms with Crippen molar-refractivity contribution in [3.8, 4) is 0 Å². The van der Waals surface area contributed by atoms with Gasteiger partial charge in [-0.2, -0.15) is 0 Å². The first-order chi connectivity index (χ1) is 25.5. The summed E-state index contributed by atoms with van der Waals surface area (Å²) < 4.78 is 39.6. The van der Waals surface area contributed by atoms with E-state index in [9.17, 15) is 27.6 Å². The molecule has 1 aromatic carbocycles. The maximum atomic E-state index is 14.7. The standard InChI is InChI=1S/C37H45N7O8S/c1-2-25-18-37(25,34(47)42-53(49,50)27-15-16-27)39-32(45)29-17-26-20-44(29)33(46)31(23-10-6-7-11-23)38-35-41-40-30(52-35)14-5-3-4-9-22-12-8-13-24-19-43(21-28(22)24)36(48)51-26/h2,4,8-9,12-13,23,25-27,29,31H,1,3,5-7,10-11,14-21H2,(H,38,41)(H,39,45)(H,42,47)/b9-4+/t25-,26+,29-,31-,37+/m0/s1. The van der Waals surface area contributed by atoms with E-state index in [0.29, 0.717) is 38.2 Å². The Kier molecular flexibility index (Phi) is 9.27. The van der Waals surface area contributed by atoms with Crippen molar-refractivity contribution in [2.75, 3.05) is 11.9 Å². The lowest BCUT2D eigenvalue weighted by molar-refractivity contribution is -0.141. The van der Waals surface area contributed by atoms with Crippen LogP contribution in [-0.2, 0) is 48.7 Å². The molecular formula is C37H45N7O8S. The van der Waals surface area contributed by atoms with Crippen LogP contribution in [0.3, 0.4) is 0 Å². The molecule has 4 amide bonds. The summed E-state index contributed by atoms with van der Waals surface area (Å²) in [6, 6.07) is 4.15. The largest absolute Gasteiger partial charge is 0.444 e. The molecule has 2 aromatic rings. The van der Waals surface area contributed by atoms with E-state index in [-0.39, 0.29) is 37.2 Å². The van der Waals surface area contributed by atoms with Crippen LogP contribution in [0.15, 0.2) is 41.3 Å². The third-order valence-corrected chi connectivity index (χ3v) is 13.4. The van der Waals surface area contributed by atoms with Gasteiger partial charge in [-0.15, -0.1) is 11.7 Å². The van der Waals surface area contributed by atoms with Gasteiger partial charge in [0.05, 0.1) is 18.3 Å². The summed E-state index contributed by atoms with van der Waals surface area (Å²) in [5.41, 5.74) is 1.54. The number of carbonyl (C=O) groups excluding carboxylic acids is 4. The number of ether oxygens (including phenoxy) is 1. The van der Waals surface area contributed by atoms with E-state index < -0.39 is 62.8 Å². The minimum absolute atomic E-state index is 0.0169. The van der Waals surface area contributed by atoms with Gasteiger partial charge in [-0.3, -0.25) is 24.0 Å². The summed E-state index contributed by atoms with van der Waals surface area (Å²) in [6.45, 7) is 4.45. The number of allylic oxidation sites excluding steroid dienone is 1. The Hall–Kier alpha value is -4.73. The zero-order valence-corrected chi connectivity index (χ0v) is 30.3. The monoisotopic (exact) mass is 747 g/mol. The van der Waals surface area contributed by atoms with E-state index in [1.54, 1.807) is 4.90 Å². The van der Waals surface area contributed by atoms with Gasteiger partial charge in [-0.25, -0.2) is 13.2 Å². The van der Waals surface area contributed by atoms with Crippen LogP contribution < -0.4 is 15.4 Å². The average Bonchev–Trinajstić information content (AvgIpc) is 3.77. The molecule has 53 heavy (non-hydrogen) atoms. The molecule has 282 valence electrons. The summed E-state index contributed by atoms with van der Waals surface area (Å²) in [6.07, 6.45) is 10.9. The number of hydrogen-bond donors (Lipinski definition) is 3. The van der Waals surface area contributed by atoms with Crippen LogP contribution in [0.1, 0.15) is 86.8 Å². The molecule has 15 nitrogen and oxygen atoms in total. The number of nitrogens with one attached hydrogen (secondary N) is 3. The van der Waals surface area contributed by atoms with Crippen molar-refractivity contribution in [3.05, 3.63) is 59.5 Å². The number of anilines is 1. The fraction of sp³-hybridized carbons (Fsp3) is 0.568. The molecule has 4 fully saturated rings. The maximum Gasteiger partial charge on any atom is 0.410 e. The predicted octanol–water partition coefficient (Wildman–Crippen LogP) is 3.18. The van der Waals surface area contributed by atoms with Crippen molar-refractivity contribution in [2.45, 2.75) is 113 Å². The number of amides is 4. The Labute approximate surface area is 308 Å². The lowest BCUT2D eigenvalue weighted by atomic mass is 9.96. The Morgan fingerprint density at radius 3 is 2.64 bits per heavy atom. The number of aromatic nitrogens is 2. The summed E-state index contributed by atoms with van der Waals surface area (Å²) in [4.78, 5) is 59.2. The second kappa shape index (κ2) is 13.9. The van der Waals surface area contributed by atoms with Crippen molar-refractivity contribution < 1.29 is 36.7 Å². The summed E-state index contributed by atoms with van der Waals surface area (Å²) in [5, 5.41) is 13.8. The van der Waals surface area contributed by atoms with Crippen LogP contribution in [0, 0.1) is 11.8 Å². The molecule has 3 aliphatic carbocycles. The number of benzene rings is 1. The van der Waals surface area contributed by atoms with E-state index >= 15 is 0 Å². The molecule has 8 rings (SSSR count). The highest BCUT2D eigenvalue weighted by Gasteiger charge is 2.62. The molecule has 3 saturated carbocycles. The molecule has 3 aliphatic heterocycles. The highest BCUT2D eigenvalue weighted by molar-refractivity contribution is 7.91. The van der Waals surface area contributed by atoms with Crippen molar-refractivity contribution in [1.29, 1.82) is 0 Å². The summed E-state index contributed by atoms with van der Waals surface area (Å²) >= 11 is 0. The highest BCUT2D eigenvalue weighted by atomic mass is 32.2. The van der Waals surface area contributed by atoms with Crippen molar-refractivity contribution >= 4 is 45.9 Å². The van der Waals surface area contributed by atoms with Crippen molar-refractivity contribution in [1.82, 2.24) is 30.0 Å². The van der Waals surface area contributed by atoms with E-state index in [2.05, 4.69) is 44.3 Å². The number of nitrogens with zero attached hydrogens (tertiary/aromatic N) is 4. The van der Waals surface area contributed by atoms with Gasteiger partial charge in [-0.1, -0.05) is 54.4 Å². The predicted molar refractivity (Wildman–Crippen MR) is 191 cm³/mol. The van der Waals surface area contributed by atoms with Gasteiger partial charge >= 0.3 is 12.1 Å². The number of carbonyl (C=O) groups is 4. The minimum Gasteiger partial charge on any atom is -0.444 e. The number of hydrogen-bond acceptors (Lipinski definition) is 11. The van der Waals surface area contributed by atoms with Crippen molar-refractivity contribution in [3.63, 3.8) is 0 Å². The topological polar surface area (TPSA) is 193 Å². The van der Waals surface area contributed by atoms with Gasteiger partial charge in [0.15, 0.2) is 0 Å². The van der Waals surface area contributed by atoms with E-state index in [1.807, 2.05) is 18.2 Å². The second-order valence-electron chi connectivity index (χ2n) is 15.2. The van der Waals surface area contributed by atoms with Gasteiger partial charge in [0.25, 0.3) is 5.91 Å². The zero-order valence-electron chi connectivity index (χ0n) is 29.5. The normalized spacial score (nSPS) is 29.6. The molecule has 0 unspecified atom stereocenters. The molecule has 1 aromatic heterocycles. The number of fused-ring (bicyclic) bond motifs is 5. The second-order valence-corrected chi connectivity index (χ2v) is 17.2. The zero-order chi connectivity index (χ0) is 36.9. The smallest absolute Gasteiger partial charge is 0.410 e. The first-order valence-corrected chi connectivity index (χ1v) is 20.2. The van der Waals surface area contributed by atoms with Gasteiger partial charge in [0, 0.05) is 25.3 Å². The van der Waals surface area contributed by atoms with E-state index in [4.69, 9.17) is 9.15 Å². The molecule has 3 N–H and O–H groups in total. The van der Waals surface area contributed by atoms with Crippen LogP contribution >= 0.6 is 0 Å². The van der Waals surface area contributed by atoms with Crippen molar-refractivity contribution in [2.24, 2.45) is 11.8 Å². The molecule has 6 aliphatic rings. The Balaban J connectivity index is 1.09. The van der Waals surface area contributed by atoms with E-state index in [0.717, 1.165) is 55.2 Å². The molecule has 0 spiro atoms. The van der Waals surface area contributed by atoms with Crippen LogP contribution in [0.5, 0.6) is 0 Å². The average molecular weight is 748 g/mol. The van der Waals surface area contributed by atoms with E-state index in [1.165, 1.54) is 11.0 Å². The lowest BCUT2D eigenvalue weighted by Gasteiger charge is -2.31. The van der Waals surface area contributed by atoms with Gasteiger partial charge in [-0.05, 0) is 67.6 Å². The molecule has 6 bridgehead atoms. The molecule has 16 heteroatoms. The summed E-state index contributed by atoms with van der Waals surface area (Å²) in [7, 11) is -3.89. The molecular weight excluding hydrogens is 703 g/mol. The maximum absolute atomic E-state index is 14.7. The first kappa shape index (κ1) is 35.3. The first-order valence-electron chi connectivity index (χ1n) is 18.7. The van der Waals surface area contributed by atoms with Crippen LogP contribution in [-0.4, -0.2) is 87.8 Å². The van der Waals surface area contributed by atoms with Gasteiger partial charge < -0.3 is 24.7 Å². The molecule has 1 saturated heterocycles. The highest BCUT2D eigenvalue weighted by Crippen LogP contribution is 2.45. The molecule has 4 heterocycles. The third kappa shape index (κ3) is 7.04. The molecule has 0 radical (unpaired) electrons. The fourth-order valence-corrected chi connectivity index (χ4v) is 9.69. The molecule has 5 atom stereocenters. The Morgan fingerprint density at radius 1 is 1.08 bits per heavy atom. The minimum atomic E-state index is -3.89. The van der Waals surface area contributed by atoms with Gasteiger partial charge in [0.2, 0.25) is 27.7 Å². The van der Waals surface area contributed by atoms with Crippen LogP contribution in [0.4, 0.5) is 10.8 Å². The number of rotatable bonds is 7. The van der Waals surface area contributed by atoms with Crippen LogP contribution in [0.25, 0.3) is 6.08 Å². The quantitative estimate of drug-likeness (QED) is 0.353. The van der Waals surface area contributed by atoms with Gasteiger partial charge in [0.1, 0.15) is 23.7 Å². The number of sulfonamides is 1. The Morgan fingerprint density at radius 2 is 1.89 bits per heavy atom. The summed E-state index contributed by atoms with van der Waals surface area (Å²) in [5.74, 6) is -2.00. The third-order valence-electron chi connectivity index (χ3n) is 11.6. The number of aryl methyl sites for hydroxylation is 1. The fourth-order valence-electron chi connectivity index (χ4n) is 8.32. The lowest BCUT2D eigenvalue weighted by Crippen LogP contribution is -2.58.